The summed E-state index contributed by atoms with van der Waals surface area (Å²) in [5, 5.41) is 9.65. The number of hydrogen-bond acceptors (Lipinski definition) is 4. The Morgan fingerprint density at radius 1 is 1.50 bits per heavy atom. The van der Waals surface area contributed by atoms with Crippen molar-refractivity contribution >= 4 is 11.9 Å². The molecule has 6 heteroatoms. The van der Waals surface area contributed by atoms with Gasteiger partial charge in [0.1, 0.15) is 17.6 Å². The third-order valence-corrected chi connectivity index (χ3v) is 3.26. The predicted octanol–water partition coefficient (Wildman–Crippen LogP) is 1.70. The van der Waals surface area contributed by atoms with E-state index in [0.29, 0.717) is 19.4 Å². The maximum absolute atomic E-state index is 12.9. The number of carbonyl (C=O) groups is 2. The van der Waals surface area contributed by atoms with E-state index >= 15 is 0 Å². The van der Waals surface area contributed by atoms with Gasteiger partial charge < -0.3 is 14.7 Å². The van der Waals surface area contributed by atoms with Gasteiger partial charge in [-0.15, -0.1) is 0 Å². The second-order valence-corrected chi connectivity index (χ2v) is 4.57. The number of rotatable bonds is 3. The predicted molar refractivity (Wildman–Crippen MR) is 68.8 cm³/mol. The number of halogens is 1. The van der Waals surface area contributed by atoms with Gasteiger partial charge in [-0.25, -0.2) is 9.18 Å². The molecule has 1 fully saturated rings. The van der Waals surface area contributed by atoms with Crippen LogP contribution in [-0.4, -0.2) is 41.1 Å². The largest absolute Gasteiger partial charge is 0.507 e. The Bertz CT molecular complexity index is 532. The average molecular weight is 281 g/mol. The van der Waals surface area contributed by atoms with E-state index in [1.807, 2.05) is 0 Å². The smallest absolute Gasteiger partial charge is 0.328 e. The summed E-state index contributed by atoms with van der Waals surface area (Å²) in [5.74, 6) is -1.98. The van der Waals surface area contributed by atoms with Gasteiger partial charge in [0.05, 0.1) is 12.2 Å². The number of aromatic hydroxyl groups is 1. The summed E-state index contributed by atoms with van der Waals surface area (Å²) >= 11 is 0. The first-order valence-electron chi connectivity index (χ1n) is 6.50. The Kier molecular flexibility index (Phi) is 4.22. The molecule has 1 unspecified atom stereocenters. The number of phenols is 1. The van der Waals surface area contributed by atoms with Gasteiger partial charge in [-0.1, -0.05) is 0 Å². The lowest BCUT2D eigenvalue weighted by Crippen LogP contribution is -2.41. The number of benzene rings is 1. The van der Waals surface area contributed by atoms with Crippen molar-refractivity contribution in [3.05, 3.63) is 29.6 Å². The fraction of sp³-hybridized carbons (Fsp3) is 0.429. The lowest BCUT2D eigenvalue weighted by atomic mass is 10.1. The molecule has 1 amide bonds. The quantitative estimate of drug-likeness (QED) is 0.856. The molecule has 0 spiro atoms. The minimum absolute atomic E-state index is 0.0115. The van der Waals surface area contributed by atoms with Crippen LogP contribution in [0.2, 0.25) is 0 Å². The lowest BCUT2D eigenvalue weighted by Gasteiger charge is -2.23. The third kappa shape index (κ3) is 2.74. The Labute approximate surface area is 116 Å². The van der Waals surface area contributed by atoms with Crippen molar-refractivity contribution in [1.82, 2.24) is 4.90 Å². The van der Waals surface area contributed by atoms with Crippen molar-refractivity contribution in [2.75, 3.05) is 13.2 Å². The molecular formula is C14H16FNO4. The summed E-state index contributed by atoms with van der Waals surface area (Å²) in [7, 11) is 0. The maximum atomic E-state index is 12.9. The molecule has 0 saturated carbocycles. The van der Waals surface area contributed by atoms with Crippen molar-refractivity contribution in [2.24, 2.45) is 0 Å². The topological polar surface area (TPSA) is 66.8 Å². The summed E-state index contributed by atoms with van der Waals surface area (Å²) in [6, 6.07) is 2.56. The van der Waals surface area contributed by atoms with Gasteiger partial charge in [-0.3, -0.25) is 4.79 Å². The zero-order valence-corrected chi connectivity index (χ0v) is 11.1. The van der Waals surface area contributed by atoms with E-state index in [4.69, 9.17) is 4.74 Å². The second kappa shape index (κ2) is 5.90. The molecule has 20 heavy (non-hydrogen) atoms. The molecule has 0 aliphatic carbocycles. The number of esters is 1. The summed E-state index contributed by atoms with van der Waals surface area (Å²) in [6.07, 6.45) is 1.23. The number of amides is 1. The van der Waals surface area contributed by atoms with E-state index in [1.165, 1.54) is 11.0 Å². The highest BCUT2D eigenvalue weighted by Crippen LogP contribution is 2.25. The molecule has 108 valence electrons. The van der Waals surface area contributed by atoms with E-state index in [0.717, 1.165) is 12.1 Å². The third-order valence-electron chi connectivity index (χ3n) is 3.26. The average Bonchev–Trinajstić information content (AvgIpc) is 2.87. The molecule has 1 aliphatic rings. The standard InChI is InChI=1S/C14H16FNO4/c1-2-20-14(19)11-4-3-7-16(11)13(18)10-6-5-9(15)8-12(10)17/h5-6,8,11,17H,2-4,7H2,1H3. The van der Waals surface area contributed by atoms with E-state index in [1.54, 1.807) is 6.92 Å². The molecular weight excluding hydrogens is 265 g/mol. The fourth-order valence-corrected chi connectivity index (χ4v) is 2.33. The van der Waals surface area contributed by atoms with Crippen molar-refractivity contribution in [2.45, 2.75) is 25.8 Å². The maximum Gasteiger partial charge on any atom is 0.328 e. The number of likely N-dealkylation sites (tertiary alicyclic amines) is 1. The van der Waals surface area contributed by atoms with Crippen molar-refractivity contribution < 1.29 is 23.8 Å². The van der Waals surface area contributed by atoms with Crippen LogP contribution in [0.25, 0.3) is 0 Å². The Hall–Kier alpha value is -2.11. The molecule has 1 aromatic rings. The van der Waals surface area contributed by atoms with Gasteiger partial charge in [0.25, 0.3) is 5.91 Å². The summed E-state index contributed by atoms with van der Waals surface area (Å²) in [5.41, 5.74) is -0.0115. The van der Waals surface area contributed by atoms with Crippen LogP contribution in [0.1, 0.15) is 30.1 Å². The Morgan fingerprint density at radius 3 is 2.90 bits per heavy atom. The fourth-order valence-electron chi connectivity index (χ4n) is 2.33. The van der Waals surface area contributed by atoms with Crippen molar-refractivity contribution in [3.63, 3.8) is 0 Å². The zero-order valence-electron chi connectivity index (χ0n) is 11.1. The first kappa shape index (κ1) is 14.3. The van der Waals surface area contributed by atoms with Crippen LogP contribution in [-0.2, 0) is 9.53 Å². The molecule has 1 aliphatic heterocycles. The first-order chi connectivity index (χ1) is 9.54. The SMILES string of the molecule is CCOC(=O)C1CCCN1C(=O)c1ccc(F)cc1O. The highest BCUT2D eigenvalue weighted by molar-refractivity contribution is 5.99. The van der Waals surface area contributed by atoms with E-state index in [-0.39, 0.29) is 12.2 Å². The molecule has 5 nitrogen and oxygen atoms in total. The molecule has 0 radical (unpaired) electrons. The van der Waals surface area contributed by atoms with Gasteiger partial charge in [-0.05, 0) is 31.9 Å². The molecule has 0 aromatic heterocycles. The Balaban J connectivity index is 2.21. The first-order valence-corrected chi connectivity index (χ1v) is 6.50. The number of ether oxygens (including phenoxy) is 1. The van der Waals surface area contributed by atoms with Crippen LogP contribution >= 0.6 is 0 Å². The normalized spacial score (nSPS) is 18.1. The summed E-state index contributed by atoms with van der Waals surface area (Å²) < 4.78 is 17.9. The molecule has 1 heterocycles. The van der Waals surface area contributed by atoms with Crippen molar-refractivity contribution in [3.8, 4) is 5.75 Å². The summed E-state index contributed by atoms with van der Waals surface area (Å²) in [6.45, 7) is 2.36. The van der Waals surface area contributed by atoms with Crippen LogP contribution in [0.5, 0.6) is 5.75 Å². The number of phenolic OH excluding ortho intramolecular Hbond substituents is 1. The molecule has 1 saturated heterocycles. The number of hydrogen-bond donors (Lipinski definition) is 1. The molecule has 0 bridgehead atoms. The van der Waals surface area contributed by atoms with Gasteiger partial charge in [-0.2, -0.15) is 0 Å². The molecule has 1 N–H and O–H groups in total. The van der Waals surface area contributed by atoms with Gasteiger partial charge >= 0.3 is 5.97 Å². The van der Waals surface area contributed by atoms with E-state index in [2.05, 4.69) is 0 Å². The highest BCUT2D eigenvalue weighted by atomic mass is 19.1. The highest BCUT2D eigenvalue weighted by Gasteiger charge is 2.36. The number of nitrogens with zero attached hydrogens (tertiary/aromatic N) is 1. The van der Waals surface area contributed by atoms with E-state index < -0.39 is 29.5 Å². The lowest BCUT2D eigenvalue weighted by molar-refractivity contribution is -0.147. The summed E-state index contributed by atoms with van der Waals surface area (Å²) in [4.78, 5) is 25.5. The Morgan fingerprint density at radius 2 is 2.25 bits per heavy atom. The minimum atomic E-state index is -0.632. The molecule has 1 atom stereocenters. The van der Waals surface area contributed by atoms with Crippen LogP contribution in [0.15, 0.2) is 18.2 Å². The van der Waals surface area contributed by atoms with Gasteiger partial charge in [0, 0.05) is 12.6 Å². The van der Waals surface area contributed by atoms with Gasteiger partial charge in [0.2, 0.25) is 0 Å². The van der Waals surface area contributed by atoms with Crippen LogP contribution < -0.4 is 0 Å². The minimum Gasteiger partial charge on any atom is -0.507 e. The monoisotopic (exact) mass is 281 g/mol. The van der Waals surface area contributed by atoms with Crippen LogP contribution in [0, 0.1) is 5.82 Å². The van der Waals surface area contributed by atoms with Crippen molar-refractivity contribution in [1.29, 1.82) is 0 Å². The van der Waals surface area contributed by atoms with E-state index in [9.17, 15) is 19.1 Å². The second-order valence-electron chi connectivity index (χ2n) is 4.57. The van der Waals surface area contributed by atoms with Crippen LogP contribution in [0.4, 0.5) is 4.39 Å². The van der Waals surface area contributed by atoms with Crippen LogP contribution in [0.3, 0.4) is 0 Å². The number of carbonyl (C=O) groups excluding carboxylic acids is 2. The molecule has 1 aromatic carbocycles. The zero-order chi connectivity index (χ0) is 14.7. The van der Waals surface area contributed by atoms with Gasteiger partial charge in [0.15, 0.2) is 0 Å². The molecule has 2 rings (SSSR count).